The van der Waals surface area contributed by atoms with Crippen LogP contribution in [0.3, 0.4) is 0 Å². The van der Waals surface area contributed by atoms with Gasteiger partial charge < -0.3 is 4.74 Å². The number of likely N-dealkylation sites (tertiary alicyclic amines) is 1. The standard InChI is InChI=1S/C12H17Cl2NO3/c1-10(2,3)18-9(17)15-5-4-11(6-8(15)16)7-12(11,13)14/h4-7H2,1-3H3. The van der Waals surface area contributed by atoms with Crippen LogP contribution in [-0.4, -0.2) is 33.4 Å². The van der Waals surface area contributed by atoms with Gasteiger partial charge in [0.1, 0.15) is 9.93 Å². The van der Waals surface area contributed by atoms with Crippen LogP contribution in [0.2, 0.25) is 0 Å². The van der Waals surface area contributed by atoms with Crippen molar-refractivity contribution < 1.29 is 14.3 Å². The fourth-order valence-corrected chi connectivity index (χ4v) is 3.11. The summed E-state index contributed by atoms with van der Waals surface area (Å²) >= 11 is 12.1. The number of nitrogens with zero attached hydrogens (tertiary/aromatic N) is 1. The van der Waals surface area contributed by atoms with Crippen molar-refractivity contribution >= 4 is 35.2 Å². The molecule has 0 bridgehead atoms. The van der Waals surface area contributed by atoms with Crippen molar-refractivity contribution in [2.45, 2.75) is 50.0 Å². The third kappa shape index (κ3) is 2.45. The number of imide groups is 1. The first-order valence-electron chi connectivity index (χ1n) is 5.98. The molecule has 2 fully saturated rings. The van der Waals surface area contributed by atoms with Crippen molar-refractivity contribution in [3.8, 4) is 0 Å². The number of rotatable bonds is 0. The van der Waals surface area contributed by atoms with E-state index < -0.39 is 16.0 Å². The largest absolute Gasteiger partial charge is 0.443 e. The first-order chi connectivity index (χ1) is 8.06. The van der Waals surface area contributed by atoms with E-state index in [0.717, 1.165) is 4.90 Å². The smallest absolute Gasteiger partial charge is 0.417 e. The number of piperidine rings is 1. The summed E-state index contributed by atoms with van der Waals surface area (Å²) in [5.74, 6) is -0.251. The molecule has 1 saturated carbocycles. The van der Waals surface area contributed by atoms with Crippen molar-refractivity contribution in [1.29, 1.82) is 0 Å². The van der Waals surface area contributed by atoms with Gasteiger partial charge in [0.2, 0.25) is 5.91 Å². The Labute approximate surface area is 117 Å². The second-order valence-electron chi connectivity index (χ2n) is 6.11. The Bertz CT molecular complexity index is 403. The zero-order chi connectivity index (χ0) is 13.8. The van der Waals surface area contributed by atoms with Gasteiger partial charge >= 0.3 is 6.09 Å². The van der Waals surface area contributed by atoms with Gasteiger partial charge in [0, 0.05) is 18.4 Å². The van der Waals surface area contributed by atoms with Gasteiger partial charge in [0.15, 0.2) is 0 Å². The van der Waals surface area contributed by atoms with E-state index >= 15 is 0 Å². The van der Waals surface area contributed by atoms with Crippen molar-refractivity contribution in [3.63, 3.8) is 0 Å². The lowest BCUT2D eigenvalue weighted by Gasteiger charge is -2.32. The average molecular weight is 294 g/mol. The molecule has 0 aromatic heterocycles. The number of alkyl halides is 2. The van der Waals surface area contributed by atoms with E-state index in [2.05, 4.69) is 0 Å². The minimum absolute atomic E-state index is 0.221. The quantitative estimate of drug-likeness (QED) is 0.645. The minimum atomic E-state index is -0.803. The van der Waals surface area contributed by atoms with Gasteiger partial charge in [-0.3, -0.25) is 4.79 Å². The van der Waals surface area contributed by atoms with Crippen molar-refractivity contribution in [2.75, 3.05) is 6.54 Å². The predicted octanol–water partition coefficient (Wildman–Crippen LogP) is 3.11. The number of carbonyl (C=O) groups excluding carboxylic acids is 2. The third-order valence-corrected chi connectivity index (χ3v) is 4.50. The van der Waals surface area contributed by atoms with E-state index in [1.54, 1.807) is 20.8 Å². The molecule has 4 nitrogen and oxygen atoms in total. The molecule has 1 saturated heterocycles. The van der Waals surface area contributed by atoms with Gasteiger partial charge in [-0.05, 0) is 33.6 Å². The Hall–Kier alpha value is -0.480. The number of ether oxygens (including phenoxy) is 1. The topological polar surface area (TPSA) is 46.6 Å². The van der Waals surface area contributed by atoms with Gasteiger partial charge in [-0.1, -0.05) is 0 Å². The molecule has 0 radical (unpaired) electrons. The van der Waals surface area contributed by atoms with Crippen LogP contribution >= 0.6 is 23.2 Å². The Morgan fingerprint density at radius 2 is 1.94 bits per heavy atom. The second kappa shape index (κ2) is 4.01. The molecule has 1 aliphatic carbocycles. The van der Waals surface area contributed by atoms with Crippen LogP contribution in [-0.2, 0) is 9.53 Å². The normalized spacial score (nSPS) is 30.5. The van der Waals surface area contributed by atoms with E-state index in [-0.39, 0.29) is 17.7 Å². The molecule has 18 heavy (non-hydrogen) atoms. The van der Waals surface area contributed by atoms with E-state index in [0.29, 0.717) is 19.4 Å². The Morgan fingerprint density at radius 1 is 1.39 bits per heavy atom. The maximum Gasteiger partial charge on any atom is 0.417 e. The zero-order valence-electron chi connectivity index (χ0n) is 10.8. The lowest BCUT2D eigenvalue weighted by Crippen LogP contribution is -2.46. The highest BCUT2D eigenvalue weighted by molar-refractivity contribution is 6.51. The highest BCUT2D eigenvalue weighted by Crippen LogP contribution is 2.68. The molecule has 1 spiro atoms. The van der Waals surface area contributed by atoms with Crippen molar-refractivity contribution in [3.05, 3.63) is 0 Å². The monoisotopic (exact) mass is 293 g/mol. The molecule has 1 atom stereocenters. The molecule has 0 N–H and O–H groups in total. The summed E-state index contributed by atoms with van der Waals surface area (Å²) in [4.78, 5) is 25.0. The lowest BCUT2D eigenvalue weighted by molar-refractivity contribution is -0.134. The Morgan fingerprint density at radius 3 is 2.33 bits per heavy atom. The molecule has 6 heteroatoms. The maximum atomic E-state index is 12.0. The SMILES string of the molecule is CC(C)(C)OC(=O)N1CCC2(CC1=O)CC2(Cl)Cl. The fraction of sp³-hybridized carbons (Fsp3) is 0.833. The number of amides is 2. The summed E-state index contributed by atoms with van der Waals surface area (Å²) in [5.41, 5.74) is -0.930. The van der Waals surface area contributed by atoms with E-state index in [4.69, 9.17) is 27.9 Å². The number of halogens is 2. The van der Waals surface area contributed by atoms with Gasteiger partial charge in [0.05, 0.1) is 0 Å². The van der Waals surface area contributed by atoms with Gasteiger partial charge in [-0.2, -0.15) is 0 Å². The van der Waals surface area contributed by atoms with Crippen LogP contribution in [0.25, 0.3) is 0 Å². The number of hydrogen-bond acceptors (Lipinski definition) is 3. The molecule has 102 valence electrons. The first kappa shape index (κ1) is 13.9. The summed E-state index contributed by atoms with van der Waals surface area (Å²) in [6.45, 7) is 5.63. The minimum Gasteiger partial charge on any atom is -0.443 e. The second-order valence-corrected chi connectivity index (χ2v) is 7.60. The van der Waals surface area contributed by atoms with Crippen LogP contribution in [0.5, 0.6) is 0 Å². The lowest BCUT2D eigenvalue weighted by atomic mass is 9.93. The Kier molecular flexibility index (Phi) is 3.10. The van der Waals surface area contributed by atoms with Gasteiger partial charge in [0.25, 0.3) is 0 Å². The van der Waals surface area contributed by atoms with Crippen LogP contribution in [0.15, 0.2) is 0 Å². The van der Waals surface area contributed by atoms with Crippen LogP contribution in [0.4, 0.5) is 4.79 Å². The Balaban J connectivity index is 1.99. The van der Waals surface area contributed by atoms with Crippen molar-refractivity contribution in [2.24, 2.45) is 5.41 Å². The van der Waals surface area contributed by atoms with E-state index in [1.807, 2.05) is 0 Å². The van der Waals surface area contributed by atoms with E-state index in [9.17, 15) is 9.59 Å². The summed E-state index contributed by atoms with van der Waals surface area (Å²) in [7, 11) is 0. The highest BCUT2D eigenvalue weighted by atomic mass is 35.5. The molecule has 1 unspecified atom stereocenters. The zero-order valence-corrected chi connectivity index (χ0v) is 12.3. The number of carbonyl (C=O) groups is 2. The van der Waals surface area contributed by atoms with Gasteiger partial charge in [-0.15, -0.1) is 23.2 Å². The average Bonchev–Trinajstić information content (AvgIpc) is 2.63. The molecule has 0 aromatic carbocycles. The molecule has 2 rings (SSSR count). The molecule has 2 aliphatic rings. The molecular formula is C12H17Cl2NO3. The molecule has 1 aliphatic heterocycles. The summed E-state index contributed by atoms with van der Waals surface area (Å²) < 4.78 is 4.39. The fourth-order valence-electron chi connectivity index (χ4n) is 2.28. The maximum absolute atomic E-state index is 12.0. The molecule has 0 aromatic rings. The molecule has 1 heterocycles. The first-order valence-corrected chi connectivity index (χ1v) is 6.73. The van der Waals surface area contributed by atoms with Crippen LogP contribution in [0.1, 0.15) is 40.0 Å². The van der Waals surface area contributed by atoms with E-state index in [1.165, 1.54) is 0 Å². The van der Waals surface area contributed by atoms with Crippen molar-refractivity contribution in [1.82, 2.24) is 4.90 Å². The summed E-state index contributed by atoms with van der Waals surface area (Å²) in [6, 6.07) is 0. The summed E-state index contributed by atoms with van der Waals surface area (Å²) in [5, 5.41) is 0. The molecular weight excluding hydrogens is 277 g/mol. The molecule has 2 amide bonds. The number of hydrogen-bond donors (Lipinski definition) is 0. The highest BCUT2D eigenvalue weighted by Gasteiger charge is 2.68. The van der Waals surface area contributed by atoms with Gasteiger partial charge in [-0.25, -0.2) is 9.69 Å². The third-order valence-electron chi connectivity index (χ3n) is 3.43. The van der Waals surface area contributed by atoms with Crippen LogP contribution in [0, 0.1) is 5.41 Å². The van der Waals surface area contributed by atoms with Crippen LogP contribution < -0.4 is 0 Å². The summed E-state index contributed by atoms with van der Waals surface area (Å²) in [6.07, 6.45) is 0.902. The predicted molar refractivity (Wildman–Crippen MR) is 68.7 cm³/mol.